The Morgan fingerprint density at radius 1 is 1.28 bits per heavy atom. The molecule has 1 aliphatic heterocycles. The second-order valence-electron chi connectivity index (χ2n) is 6.20. The van der Waals surface area contributed by atoms with Crippen molar-refractivity contribution in [3.05, 3.63) is 70.3 Å². The van der Waals surface area contributed by atoms with Crippen molar-refractivity contribution in [2.45, 2.75) is 12.7 Å². The van der Waals surface area contributed by atoms with E-state index in [4.69, 9.17) is 11.6 Å². The topological polar surface area (TPSA) is 81.0 Å². The van der Waals surface area contributed by atoms with Gasteiger partial charge in [-0.25, -0.2) is 4.98 Å². The average molecular weight is 422 g/mol. The Morgan fingerprint density at radius 3 is 2.59 bits per heavy atom. The summed E-state index contributed by atoms with van der Waals surface area (Å²) in [6.07, 6.45) is -2.86. The molecule has 1 aromatic heterocycles. The maximum atomic E-state index is 12.6. The zero-order valence-electron chi connectivity index (χ0n) is 14.9. The van der Waals surface area contributed by atoms with Gasteiger partial charge in [-0.15, -0.1) is 0 Å². The predicted molar refractivity (Wildman–Crippen MR) is 100 cm³/mol. The third kappa shape index (κ3) is 4.97. The number of halogens is 4. The molecule has 1 amide bonds. The van der Waals surface area contributed by atoms with Crippen molar-refractivity contribution in [3.63, 3.8) is 0 Å². The van der Waals surface area contributed by atoms with Gasteiger partial charge in [0.25, 0.3) is 5.91 Å². The quantitative estimate of drug-likeness (QED) is 0.448. The van der Waals surface area contributed by atoms with E-state index in [2.05, 4.69) is 15.6 Å². The van der Waals surface area contributed by atoms with Gasteiger partial charge in [0.1, 0.15) is 17.0 Å². The zero-order chi connectivity index (χ0) is 21.0. The normalized spacial score (nSPS) is 15.5. The van der Waals surface area contributed by atoms with Crippen molar-refractivity contribution in [1.82, 2.24) is 15.2 Å². The molecule has 0 atom stereocenters. The van der Waals surface area contributed by atoms with Crippen molar-refractivity contribution in [1.29, 1.82) is 5.26 Å². The van der Waals surface area contributed by atoms with E-state index in [1.165, 1.54) is 0 Å². The molecular formula is C19H15ClF3N5O. The summed E-state index contributed by atoms with van der Waals surface area (Å²) < 4.78 is 37.9. The summed E-state index contributed by atoms with van der Waals surface area (Å²) in [5.74, 6) is -0.359. The van der Waals surface area contributed by atoms with Crippen LogP contribution in [0.3, 0.4) is 0 Å². The Balaban J connectivity index is 1.77. The van der Waals surface area contributed by atoms with E-state index in [1.54, 1.807) is 18.3 Å². The first-order valence-electron chi connectivity index (χ1n) is 8.50. The second-order valence-corrected chi connectivity index (χ2v) is 6.59. The highest BCUT2D eigenvalue weighted by atomic mass is 35.5. The molecule has 2 N–H and O–H groups in total. The number of nitriles is 1. The van der Waals surface area contributed by atoms with Crippen LogP contribution in [-0.2, 0) is 17.5 Å². The Labute approximate surface area is 169 Å². The van der Waals surface area contributed by atoms with Crippen LogP contribution in [0.2, 0.25) is 5.15 Å². The number of pyridine rings is 1. The molecule has 1 saturated heterocycles. The minimum Gasteiger partial charge on any atom is -0.369 e. The lowest BCUT2D eigenvalue weighted by Crippen LogP contribution is -2.26. The third-order valence-corrected chi connectivity index (χ3v) is 4.42. The highest BCUT2D eigenvalue weighted by molar-refractivity contribution is 6.29. The summed E-state index contributed by atoms with van der Waals surface area (Å²) in [6, 6.07) is 9.31. The first kappa shape index (κ1) is 20.5. The molecule has 2 aromatic rings. The van der Waals surface area contributed by atoms with Gasteiger partial charge in [-0.1, -0.05) is 17.7 Å². The lowest BCUT2D eigenvalue weighted by molar-refractivity contribution is -0.137. The summed E-state index contributed by atoms with van der Waals surface area (Å²) >= 11 is 5.78. The van der Waals surface area contributed by atoms with Gasteiger partial charge in [0.2, 0.25) is 0 Å². The molecule has 0 spiro atoms. The van der Waals surface area contributed by atoms with Crippen LogP contribution in [0.4, 0.5) is 18.9 Å². The zero-order valence-corrected chi connectivity index (χ0v) is 15.7. The molecule has 0 saturated carbocycles. The molecule has 0 aliphatic carbocycles. The van der Waals surface area contributed by atoms with Gasteiger partial charge in [-0.05, 0) is 35.9 Å². The SMILES string of the molecule is N#C/C(C(=O)Nc1ccc(C(F)(F)F)cc1)=C1\NCCN1Cc1ccc(Cl)nc1. The molecule has 0 radical (unpaired) electrons. The van der Waals surface area contributed by atoms with E-state index in [-0.39, 0.29) is 11.3 Å². The molecular weight excluding hydrogens is 407 g/mol. The number of anilines is 1. The van der Waals surface area contributed by atoms with Gasteiger partial charge in [0.15, 0.2) is 5.57 Å². The fourth-order valence-corrected chi connectivity index (χ4v) is 2.92. The molecule has 3 rings (SSSR count). The summed E-state index contributed by atoms with van der Waals surface area (Å²) in [7, 11) is 0. The smallest absolute Gasteiger partial charge is 0.369 e. The van der Waals surface area contributed by atoms with Crippen molar-refractivity contribution >= 4 is 23.2 Å². The minimum atomic E-state index is -4.47. The fraction of sp³-hybridized carbons (Fsp3) is 0.211. The Bertz CT molecular complexity index is 965. The van der Waals surface area contributed by atoms with Crippen molar-refractivity contribution < 1.29 is 18.0 Å². The van der Waals surface area contributed by atoms with Gasteiger partial charge in [0.05, 0.1) is 5.56 Å². The Morgan fingerprint density at radius 2 is 2.00 bits per heavy atom. The van der Waals surface area contributed by atoms with E-state index in [9.17, 15) is 23.2 Å². The highest BCUT2D eigenvalue weighted by Gasteiger charge is 2.30. The number of hydrogen-bond donors (Lipinski definition) is 2. The number of nitrogens with one attached hydrogen (secondary N) is 2. The molecule has 150 valence electrons. The monoisotopic (exact) mass is 421 g/mol. The molecule has 10 heteroatoms. The number of carbonyl (C=O) groups is 1. The summed E-state index contributed by atoms with van der Waals surface area (Å²) in [5, 5.41) is 15.3. The highest BCUT2D eigenvalue weighted by Crippen LogP contribution is 2.30. The average Bonchev–Trinajstić information content (AvgIpc) is 3.12. The minimum absolute atomic E-state index is 0.155. The number of nitrogens with zero attached hydrogens (tertiary/aromatic N) is 3. The summed E-state index contributed by atoms with van der Waals surface area (Å²) in [5.41, 5.74) is 0.0118. The largest absolute Gasteiger partial charge is 0.416 e. The van der Waals surface area contributed by atoms with E-state index in [1.807, 2.05) is 11.0 Å². The van der Waals surface area contributed by atoms with E-state index in [0.717, 1.165) is 29.8 Å². The molecule has 0 bridgehead atoms. The van der Waals surface area contributed by atoms with Gasteiger partial charge < -0.3 is 15.5 Å². The van der Waals surface area contributed by atoms with Crippen LogP contribution < -0.4 is 10.6 Å². The standard InChI is InChI=1S/C19H15ClF3N5O/c20-16-6-1-12(10-26-16)11-28-8-7-25-17(28)15(9-24)18(29)27-14-4-2-13(3-5-14)19(21,22)23/h1-6,10,25H,7-8,11H2,(H,27,29)/b17-15-. The number of rotatable bonds is 4. The van der Waals surface area contributed by atoms with E-state index in [0.29, 0.717) is 30.6 Å². The Kier molecular flexibility index (Phi) is 5.94. The van der Waals surface area contributed by atoms with Crippen LogP contribution >= 0.6 is 11.6 Å². The first-order chi connectivity index (χ1) is 13.8. The lowest BCUT2D eigenvalue weighted by Gasteiger charge is -2.20. The molecule has 29 heavy (non-hydrogen) atoms. The van der Waals surface area contributed by atoms with E-state index >= 15 is 0 Å². The van der Waals surface area contributed by atoms with Gasteiger partial charge in [-0.3, -0.25) is 4.79 Å². The number of alkyl halides is 3. The number of amides is 1. The molecule has 1 aliphatic rings. The Hall–Kier alpha value is -3.25. The summed E-state index contributed by atoms with van der Waals surface area (Å²) in [6.45, 7) is 1.51. The number of carbonyl (C=O) groups excluding carboxylic acids is 1. The van der Waals surface area contributed by atoms with Crippen LogP contribution in [0.5, 0.6) is 0 Å². The third-order valence-electron chi connectivity index (χ3n) is 4.20. The first-order valence-corrected chi connectivity index (χ1v) is 8.88. The number of benzene rings is 1. The van der Waals surface area contributed by atoms with Gasteiger partial charge >= 0.3 is 6.18 Å². The van der Waals surface area contributed by atoms with Crippen LogP contribution in [0.15, 0.2) is 54.0 Å². The van der Waals surface area contributed by atoms with Crippen molar-refractivity contribution in [2.75, 3.05) is 18.4 Å². The molecule has 1 aromatic carbocycles. The predicted octanol–water partition coefficient (Wildman–Crippen LogP) is 3.53. The van der Waals surface area contributed by atoms with Crippen molar-refractivity contribution in [3.8, 4) is 6.07 Å². The van der Waals surface area contributed by atoms with Crippen molar-refractivity contribution in [2.24, 2.45) is 0 Å². The second kappa shape index (κ2) is 8.41. The van der Waals surface area contributed by atoms with Gasteiger partial charge in [0, 0.05) is 31.5 Å². The van der Waals surface area contributed by atoms with Crippen LogP contribution in [-0.4, -0.2) is 28.9 Å². The van der Waals surface area contributed by atoms with Crippen LogP contribution in [0.25, 0.3) is 0 Å². The molecule has 1 fully saturated rings. The molecule has 6 nitrogen and oxygen atoms in total. The number of aromatic nitrogens is 1. The molecule has 0 unspecified atom stereocenters. The molecule has 2 heterocycles. The maximum absolute atomic E-state index is 12.6. The van der Waals surface area contributed by atoms with Gasteiger partial charge in [-0.2, -0.15) is 18.4 Å². The van der Waals surface area contributed by atoms with Crippen LogP contribution in [0.1, 0.15) is 11.1 Å². The van der Waals surface area contributed by atoms with E-state index < -0.39 is 17.6 Å². The number of hydrogen-bond acceptors (Lipinski definition) is 5. The summed E-state index contributed by atoms with van der Waals surface area (Å²) in [4.78, 5) is 18.4. The van der Waals surface area contributed by atoms with Crippen LogP contribution in [0, 0.1) is 11.3 Å². The lowest BCUT2D eigenvalue weighted by atomic mass is 10.2. The maximum Gasteiger partial charge on any atom is 0.416 e. The fourth-order valence-electron chi connectivity index (χ4n) is 2.81.